The van der Waals surface area contributed by atoms with Gasteiger partial charge in [-0.3, -0.25) is 9.89 Å². The summed E-state index contributed by atoms with van der Waals surface area (Å²) in [6.07, 6.45) is 8.87. The SMILES string of the molecule is Fc1cnc(-c2[nH]nc3ncc(Cl)cc23)nc1NC1CC2CCC1CC2.O=CO. The van der Waals surface area contributed by atoms with Gasteiger partial charge in [-0.1, -0.05) is 24.4 Å². The van der Waals surface area contributed by atoms with Gasteiger partial charge >= 0.3 is 0 Å². The zero-order valence-electron chi connectivity index (χ0n) is 15.5. The molecule has 10 heteroatoms. The van der Waals surface area contributed by atoms with Crippen LogP contribution in [0.25, 0.3) is 22.6 Å². The Bertz CT molecular complexity index is 1020. The van der Waals surface area contributed by atoms with Gasteiger partial charge in [-0.15, -0.1) is 0 Å². The van der Waals surface area contributed by atoms with Crippen LogP contribution in [0.1, 0.15) is 32.1 Å². The van der Waals surface area contributed by atoms with Crippen LogP contribution in [-0.2, 0) is 4.79 Å². The number of anilines is 1. The number of nitrogens with zero attached hydrogens (tertiary/aromatic N) is 4. The number of aromatic amines is 1. The van der Waals surface area contributed by atoms with Gasteiger partial charge in [0.05, 0.1) is 16.6 Å². The van der Waals surface area contributed by atoms with E-state index in [2.05, 4.69) is 30.5 Å². The Morgan fingerprint density at radius 3 is 2.69 bits per heavy atom. The lowest BCUT2D eigenvalue weighted by atomic mass is 9.68. The molecule has 1 unspecified atom stereocenters. The molecule has 0 aliphatic heterocycles. The van der Waals surface area contributed by atoms with E-state index in [4.69, 9.17) is 21.5 Å². The number of nitrogens with one attached hydrogen (secondary N) is 2. The second kappa shape index (κ2) is 8.28. The first-order chi connectivity index (χ1) is 14.1. The predicted molar refractivity (Wildman–Crippen MR) is 106 cm³/mol. The zero-order chi connectivity index (χ0) is 20.4. The van der Waals surface area contributed by atoms with E-state index in [0.717, 1.165) is 12.3 Å². The summed E-state index contributed by atoms with van der Waals surface area (Å²) >= 11 is 6.04. The highest BCUT2D eigenvalue weighted by Crippen LogP contribution is 2.42. The van der Waals surface area contributed by atoms with E-state index in [1.54, 1.807) is 6.07 Å². The number of pyridine rings is 1. The minimum Gasteiger partial charge on any atom is -0.483 e. The van der Waals surface area contributed by atoms with Crippen LogP contribution in [0, 0.1) is 17.7 Å². The standard InChI is InChI=1S/C18H18ClFN6.CH2O2/c19-11-6-12-15(25-26-16(12)21-7-11)18-22-8-13(20)17(24-18)23-14-5-9-1-3-10(14)4-2-9;2-1-3/h6-10,14H,1-5H2,(H,21,25,26)(H,22,23,24);1H,(H,2,3). The second-order valence-corrected chi connectivity index (χ2v) is 7.82. The first-order valence-corrected chi connectivity index (χ1v) is 9.83. The van der Waals surface area contributed by atoms with Gasteiger partial charge in [0.2, 0.25) is 0 Å². The van der Waals surface area contributed by atoms with Crippen molar-refractivity contribution in [1.82, 2.24) is 25.1 Å². The Hall–Kier alpha value is -2.81. The molecule has 3 saturated carbocycles. The van der Waals surface area contributed by atoms with Crippen molar-refractivity contribution in [2.45, 2.75) is 38.1 Å². The third kappa shape index (κ3) is 4.00. The third-order valence-corrected chi connectivity index (χ3v) is 5.92. The van der Waals surface area contributed by atoms with E-state index in [1.165, 1.54) is 38.1 Å². The van der Waals surface area contributed by atoms with E-state index < -0.39 is 5.82 Å². The number of hydrogen-bond donors (Lipinski definition) is 3. The van der Waals surface area contributed by atoms with E-state index >= 15 is 0 Å². The molecule has 6 rings (SSSR count). The van der Waals surface area contributed by atoms with Crippen molar-refractivity contribution >= 4 is 34.9 Å². The summed E-state index contributed by atoms with van der Waals surface area (Å²) in [5, 5.41) is 18.5. The summed E-state index contributed by atoms with van der Waals surface area (Å²) in [6.45, 7) is -0.250. The maximum Gasteiger partial charge on any atom is 0.290 e. The molecule has 3 aromatic rings. The zero-order valence-corrected chi connectivity index (χ0v) is 16.2. The Balaban J connectivity index is 0.000000645. The molecule has 3 aliphatic rings. The van der Waals surface area contributed by atoms with Crippen LogP contribution in [0.3, 0.4) is 0 Å². The van der Waals surface area contributed by atoms with Gasteiger partial charge < -0.3 is 10.4 Å². The molecule has 152 valence electrons. The lowest BCUT2D eigenvalue weighted by molar-refractivity contribution is -0.122. The van der Waals surface area contributed by atoms with Crippen molar-refractivity contribution in [2.24, 2.45) is 11.8 Å². The van der Waals surface area contributed by atoms with Crippen molar-refractivity contribution in [3.8, 4) is 11.5 Å². The lowest BCUT2D eigenvalue weighted by Gasteiger charge is -2.42. The quantitative estimate of drug-likeness (QED) is 0.552. The fraction of sp³-hybridized carbons (Fsp3) is 0.421. The molecule has 2 bridgehead atoms. The first-order valence-electron chi connectivity index (χ1n) is 9.46. The first kappa shape index (κ1) is 19.5. The Morgan fingerprint density at radius 1 is 1.24 bits per heavy atom. The molecular formula is C19H20ClFN6O2. The van der Waals surface area contributed by atoms with E-state index in [9.17, 15) is 4.39 Å². The molecule has 0 saturated heterocycles. The van der Waals surface area contributed by atoms with E-state index in [0.29, 0.717) is 33.5 Å². The van der Waals surface area contributed by atoms with Crippen LogP contribution in [0.4, 0.5) is 10.2 Å². The summed E-state index contributed by atoms with van der Waals surface area (Å²) < 4.78 is 14.3. The summed E-state index contributed by atoms with van der Waals surface area (Å²) in [5.41, 5.74) is 1.11. The average Bonchev–Trinajstić information content (AvgIpc) is 3.14. The molecule has 3 N–H and O–H groups in total. The molecule has 3 heterocycles. The fourth-order valence-corrected chi connectivity index (χ4v) is 4.52. The highest BCUT2D eigenvalue weighted by atomic mass is 35.5. The van der Waals surface area contributed by atoms with Crippen molar-refractivity contribution in [3.63, 3.8) is 0 Å². The lowest BCUT2D eigenvalue weighted by Crippen LogP contribution is -2.40. The van der Waals surface area contributed by atoms with E-state index in [1.807, 2.05) is 0 Å². The van der Waals surface area contributed by atoms with Gasteiger partial charge in [0.25, 0.3) is 6.47 Å². The number of halogens is 2. The molecule has 8 nitrogen and oxygen atoms in total. The summed E-state index contributed by atoms with van der Waals surface area (Å²) in [5.74, 6) is 1.56. The number of aromatic nitrogens is 5. The van der Waals surface area contributed by atoms with Gasteiger partial charge in [-0.25, -0.2) is 19.3 Å². The molecule has 29 heavy (non-hydrogen) atoms. The van der Waals surface area contributed by atoms with Crippen molar-refractivity contribution < 1.29 is 14.3 Å². The molecule has 0 aromatic carbocycles. The van der Waals surface area contributed by atoms with Crippen molar-refractivity contribution in [3.05, 3.63) is 29.3 Å². The van der Waals surface area contributed by atoms with Gasteiger partial charge in [0, 0.05) is 12.2 Å². The molecular weight excluding hydrogens is 399 g/mol. The molecule has 3 aliphatic carbocycles. The van der Waals surface area contributed by atoms with Crippen molar-refractivity contribution in [2.75, 3.05) is 5.32 Å². The van der Waals surface area contributed by atoms with Crippen LogP contribution in [0.2, 0.25) is 5.02 Å². The molecule has 1 atom stereocenters. The topological polar surface area (TPSA) is 117 Å². The summed E-state index contributed by atoms with van der Waals surface area (Å²) in [7, 11) is 0. The minimum absolute atomic E-state index is 0.250. The largest absolute Gasteiger partial charge is 0.483 e. The molecule has 3 fully saturated rings. The number of fused-ring (bicyclic) bond motifs is 4. The second-order valence-electron chi connectivity index (χ2n) is 7.39. The van der Waals surface area contributed by atoms with E-state index in [-0.39, 0.29) is 18.3 Å². The van der Waals surface area contributed by atoms with Crippen molar-refractivity contribution in [1.29, 1.82) is 0 Å². The smallest absolute Gasteiger partial charge is 0.290 e. The summed E-state index contributed by atoms with van der Waals surface area (Å²) in [6, 6.07) is 2.04. The minimum atomic E-state index is -0.435. The Kier molecular flexibility index (Phi) is 5.57. The maximum atomic E-state index is 14.3. The molecule has 0 radical (unpaired) electrons. The van der Waals surface area contributed by atoms with Crippen LogP contribution in [-0.4, -0.2) is 42.8 Å². The maximum absolute atomic E-state index is 14.3. The van der Waals surface area contributed by atoms with Gasteiger partial charge in [0.1, 0.15) is 5.69 Å². The summed E-state index contributed by atoms with van der Waals surface area (Å²) in [4.78, 5) is 21.1. The fourth-order valence-electron chi connectivity index (χ4n) is 4.36. The highest BCUT2D eigenvalue weighted by molar-refractivity contribution is 6.31. The highest BCUT2D eigenvalue weighted by Gasteiger charge is 2.36. The number of hydrogen-bond acceptors (Lipinski definition) is 6. The van der Waals surface area contributed by atoms with Crippen LogP contribution < -0.4 is 5.32 Å². The van der Waals surface area contributed by atoms with Crippen LogP contribution in [0.15, 0.2) is 18.5 Å². The normalized spacial score (nSPS) is 22.8. The Morgan fingerprint density at radius 2 is 2.00 bits per heavy atom. The predicted octanol–water partition coefficient (Wildman–Crippen LogP) is 3.90. The van der Waals surface area contributed by atoms with Crippen LogP contribution >= 0.6 is 11.6 Å². The third-order valence-electron chi connectivity index (χ3n) is 5.71. The van der Waals surface area contributed by atoms with Gasteiger partial charge in [-0.05, 0) is 37.2 Å². The molecule has 3 aromatic heterocycles. The molecule has 0 amide bonds. The number of H-pyrrole nitrogens is 1. The number of rotatable bonds is 3. The Labute approximate surface area is 170 Å². The van der Waals surface area contributed by atoms with Gasteiger partial charge in [0.15, 0.2) is 23.1 Å². The number of carbonyl (C=O) groups is 1. The number of carboxylic acid groups (broad SMARTS) is 1. The van der Waals surface area contributed by atoms with Crippen LogP contribution in [0.5, 0.6) is 0 Å². The average molecular weight is 419 g/mol. The monoisotopic (exact) mass is 418 g/mol. The van der Waals surface area contributed by atoms with Gasteiger partial charge in [-0.2, -0.15) is 5.10 Å². The molecule has 0 spiro atoms.